The van der Waals surface area contributed by atoms with E-state index >= 15 is 0 Å². The lowest BCUT2D eigenvalue weighted by atomic mass is 10.2. The zero-order valence-electron chi connectivity index (χ0n) is 8.01. The van der Waals surface area contributed by atoms with E-state index in [9.17, 15) is 0 Å². The highest BCUT2D eigenvalue weighted by Crippen LogP contribution is 2.11. The highest BCUT2D eigenvalue weighted by atomic mass is 15.3. The first-order valence-electron chi connectivity index (χ1n) is 4.46. The normalized spacial score (nSPS) is 10.4. The van der Waals surface area contributed by atoms with Crippen LogP contribution in [0.5, 0.6) is 0 Å². The van der Waals surface area contributed by atoms with Gasteiger partial charge in [-0.15, -0.1) is 0 Å². The number of hydrogen-bond donors (Lipinski definition) is 1. The Morgan fingerprint density at radius 2 is 2.29 bits per heavy atom. The fourth-order valence-electron chi connectivity index (χ4n) is 1.35. The number of pyridine rings is 1. The van der Waals surface area contributed by atoms with Gasteiger partial charge in [0.05, 0.1) is 11.9 Å². The Balaban J connectivity index is 2.50. The zero-order valence-corrected chi connectivity index (χ0v) is 8.01. The van der Waals surface area contributed by atoms with Gasteiger partial charge in [-0.3, -0.25) is 4.98 Å². The zero-order chi connectivity index (χ0) is 9.97. The molecule has 0 fully saturated rings. The average Bonchev–Trinajstić information content (AvgIpc) is 2.65. The summed E-state index contributed by atoms with van der Waals surface area (Å²) >= 11 is 0. The van der Waals surface area contributed by atoms with Crippen LogP contribution in [0.2, 0.25) is 0 Å². The van der Waals surface area contributed by atoms with E-state index in [1.165, 1.54) is 0 Å². The molecular formula is C10H12N4. The third-order valence-corrected chi connectivity index (χ3v) is 2.06. The van der Waals surface area contributed by atoms with E-state index in [4.69, 9.17) is 5.73 Å². The van der Waals surface area contributed by atoms with E-state index in [2.05, 4.69) is 10.1 Å². The summed E-state index contributed by atoms with van der Waals surface area (Å²) in [6.07, 6.45) is 7.30. The van der Waals surface area contributed by atoms with Crippen molar-refractivity contribution < 1.29 is 0 Å². The molecule has 0 unspecified atom stereocenters. The van der Waals surface area contributed by atoms with Crippen LogP contribution in [0.4, 0.5) is 0 Å². The maximum Gasteiger partial charge on any atom is 0.0721 e. The van der Waals surface area contributed by atoms with Gasteiger partial charge in [0, 0.05) is 30.7 Å². The Bertz CT molecular complexity index is 433. The van der Waals surface area contributed by atoms with Gasteiger partial charge < -0.3 is 5.73 Å². The molecule has 0 bridgehead atoms. The van der Waals surface area contributed by atoms with Gasteiger partial charge >= 0.3 is 0 Å². The molecule has 0 aromatic carbocycles. The van der Waals surface area contributed by atoms with Crippen LogP contribution in [-0.2, 0) is 6.54 Å². The molecule has 0 saturated heterocycles. The van der Waals surface area contributed by atoms with Crippen LogP contribution in [0.15, 0.2) is 30.9 Å². The third kappa shape index (κ3) is 1.52. The molecule has 2 aromatic rings. The molecule has 72 valence electrons. The summed E-state index contributed by atoms with van der Waals surface area (Å²) in [4.78, 5) is 4.03. The molecule has 14 heavy (non-hydrogen) atoms. The monoisotopic (exact) mass is 188 g/mol. The fraction of sp³-hybridized carbons (Fsp3) is 0.200. The maximum absolute atomic E-state index is 5.61. The van der Waals surface area contributed by atoms with Gasteiger partial charge in [0.2, 0.25) is 0 Å². The van der Waals surface area contributed by atoms with Crippen LogP contribution in [0.1, 0.15) is 11.1 Å². The summed E-state index contributed by atoms with van der Waals surface area (Å²) in [6, 6.07) is 1.91. The maximum atomic E-state index is 5.61. The van der Waals surface area contributed by atoms with Gasteiger partial charge in [-0.25, -0.2) is 4.68 Å². The first kappa shape index (κ1) is 8.90. The minimum Gasteiger partial charge on any atom is -0.326 e. The molecule has 0 amide bonds. The van der Waals surface area contributed by atoms with Gasteiger partial charge in [0.15, 0.2) is 0 Å². The molecule has 0 radical (unpaired) electrons. The smallest absolute Gasteiger partial charge is 0.0721 e. The summed E-state index contributed by atoms with van der Waals surface area (Å²) in [5, 5.41) is 4.23. The van der Waals surface area contributed by atoms with Crippen molar-refractivity contribution in [1.82, 2.24) is 14.8 Å². The van der Waals surface area contributed by atoms with Gasteiger partial charge in [0.1, 0.15) is 0 Å². The number of aromatic nitrogens is 3. The lowest BCUT2D eigenvalue weighted by molar-refractivity contribution is 0.853. The number of hydrogen-bond acceptors (Lipinski definition) is 3. The number of nitrogens with zero attached hydrogens (tertiary/aromatic N) is 3. The Kier molecular flexibility index (Phi) is 2.28. The van der Waals surface area contributed by atoms with Crippen molar-refractivity contribution in [3.8, 4) is 5.69 Å². The second-order valence-corrected chi connectivity index (χ2v) is 3.17. The van der Waals surface area contributed by atoms with Crippen molar-refractivity contribution in [1.29, 1.82) is 0 Å². The van der Waals surface area contributed by atoms with E-state index in [1.807, 2.05) is 30.1 Å². The van der Waals surface area contributed by atoms with E-state index < -0.39 is 0 Å². The van der Waals surface area contributed by atoms with Crippen LogP contribution in [0, 0.1) is 6.92 Å². The summed E-state index contributed by atoms with van der Waals surface area (Å²) in [5.41, 5.74) is 8.73. The summed E-state index contributed by atoms with van der Waals surface area (Å²) in [5.74, 6) is 0. The summed E-state index contributed by atoms with van der Waals surface area (Å²) in [6.45, 7) is 2.48. The van der Waals surface area contributed by atoms with E-state index in [1.54, 1.807) is 12.4 Å². The SMILES string of the molecule is Cc1cnn(-c2ccncc2CN)c1. The van der Waals surface area contributed by atoms with E-state index in [-0.39, 0.29) is 0 Å². The summed E-state index contributed by atoms with van der Waals surface area (Å²) < 4.78 is 1.82. The highest BCUT2D eigenvalue weighted by Gasteiger charge is 2.03. The second kappa shape index (κ2) is 3.59. The lowest BCUT2D eigenvalue weighted by Gasteiger charge is -2.05. The topological polar surface area (TPSA) is 56.7 Å². The predicted octanol–water partition coefficient (Wildman–Crippen LogP) is 1.03. The van der Waals surface area contributed by atoms with Crippen molar-refractivity contribution in [2.24, 2.45) is 5.73 Å². The standard InChI is InChI=1S/C10H12N4/c1-8-5-13-14(7-8)10-2-3-12-6-9(10)4-11/h2-3,5-7H,4,11H2,1H3. The molecule has 2 rings (SSSR count). The highest BCUT2D eigenvalue weighted by molar-refractivity contribution is 5.38. The molecule has 0 saturated carbocycles. The van der Waals surface area contributed by atoms with Crippen molar-refractivity contribution >= 4 is 0 Å². The molecular weight excluding hydrogens is 176 g/mol. The largest absolute Gasteiger partial charge is 0.326 e. The van der Waals surface area contributed by atoms with Gasteiger partial charge in [-0.1, -0.05) is 0 Å². The Morgan fingerprint density at radius 3 is 2.93 bits per heavy atom. The van der Waals surface area contributed by atoms with Gasteiger partial charge in [0.25, 0.3) is 0 Å². The second-order valence-electron chi connectivity index (χ2n) is 3.17. The molecule has 0 aliphatic heterocycles. The quantitative estimate of drug-likeness (QED) is 0.766. The molecule has 2 heterocycles. The number of aryl methyl sites for hydroxylation is 1. The minimum atomic E-state index is 0.474. The molecule has 0 aliphatic rings. The molecule has 0 spiro atoms. The van der Waals surface area contributed by atoms with Crippen LogP contribution in [-0.4, -0.2) is 14.8 Å². The van der Waals surface area contributed by atoms with Crippen molar-refractivity contribution in [2.45, 2.75) is 13.5 Å². The third-order valence-electron chi connectivity index (χ3n) is 2.06. The molecule has 0 atom stereocenters. The van der Waals surface area contributed by atoms with Crippen LogP contribution < -0.4 is 5.73 Å². The lowest BCUT2D eigenvalue weighted by Crippen LogP contribution is -2.05. The van der Waals surface area contributed by atoms with E-state index in [0.29, 0.717) is 6.54 Å². The average molecular weight is 188 g/mol. The van der Waals surface area contributed by atoms with Crippen LogP contribution >= 0.6 is 0 Å². The molecule has 0 aliphatic carbocycles. The molecule has 2 aromatic heterocycles. The molecule has 4 nitrogen and oxygen atoms in total. The molecule has 4 heteroatoms. The van der Waals surface area contributed by atoms with Crippen LogP contribution in [0.25, 0.3) is 5.69 Å². The first-order chi connectivity index (χ1) is 6.81. The van der Waals surface area contributed by atoms with Gasteiger partial charge in [-0.05, 0) is 18.6 Å². The number of rotatable bonds is 2. The van der Waals surface area contributed by atoms with Crippen molar-refractivity contribution in [2.75, 3.05) is 0 Å². The molecule has 2 N–H and O–H groups in total. The first-order valence-corrected chi connectivity index (χ1v) is 4.46. The van der Waals surface area contributed by atoms with Crippen LogP contribution in [0.3, 0.4) is 0 Å². The minimum absolute atomic E-state index is 0.474. The van der Waals surface area contributed by atoms with E-state index in [0.717, 1.165) is 16.8 Å². The number of nitrogens with two attached hydrogens (primary N) is 1. The van der Waals surface area contributed by atoms with Crippen molar-refractivity contribution in [3.05, 3.63) is 42.0 Å². The van der Waals surface area contributed by atoms with Crippen molar-refractivity contribution in [3.63, 3.8) is 0 Å². The fourth-order valence-corrected chi connectivity index (χ4v) is 1.35. The Morgan fingerprint density at radius 1 is 1.43 bits per heavy atom. The Labute approximate surface area is 82.4 Å². The predicted molar refractivity (Wildman–Crippen MR) is 54.0 cm³/mol. The Hall–Kier alpha value is -1.68. The summed E-state index contributed by atoms with van der Waals surface area (Å²) in [7, 11) is 0. The van der Waals surface area contributed by atoms with Gasteiger partial charge in [-0.2, -0.15) is 5.10 Å².